The summed E-state index contributed by atoms with van der Waals surface area (Å²) in [6.07, 6.45) is 3.83. The average Bonchev–Trinajstić information content (AvgIpc) is 2.86. The van der Waals surface area contributed by atoms with E-state index in [4.69, 9.17) is 4.74 Å². The molecule has 2 heterocycles. The smallest absolute Gasteiger partial charge is 0.253 e. The van der Waals surface area contributed by atoms with Gasteiger partial charge in [-0.2, -0.15) is 0 Å². The Kier molecular flexibility index (Phi) is 4.50. The minimum atomic E-state index is -0.124. The van der Waals surface area contributed by atoms with E-state index >= 15 is 0 Å². The molecule has 0 spiro atoms. The first kappa shape index (κ1) is 14.0. The van der Waals surface area contributed by atoms with Crippen molar-refractivity contribution in [2.24, 2.45) is 0 Å². The summed E-state index contributed by atoms with van der Waals surface area (Å²) in [7, 11) is 1.69. The normalized spacial score (nSPS) is 22.4. The van der Waals surface area contributed by atoms with E-state index in [-0.39, 0.29) is 11.4 Å². The lowest BCUT2D eigenvalue weighted by molar-refractivity contribution is 0.0891. The molecule has 19 heavy (non-hydrogen) atoms. The standard InChI is InChI=1S/C14H21N3O2/c1-11-12(5-3-7-15-11)13(18)16-9-14(10-19-2)6-4-8-17-14/h3,5,7,17H,4,6,8-10H2,1-2H3,(H,16,18). The molecule has 1 aromatic heterocycles. The minimum absolute atomic E-state index is 0.0743. The van der Waals surface area contributed by atoms with E-state index in [0.29, 0.717) is 18.7 Å². The van der Waals surface area contributed by atoms with E-state index in [1.807, 2.05) is 6.92 Å². The molecule has 0 aromatic carbocycles. The van der Waals surface area contributed by atoms with Crippen LogP contribution in [0.5, 0.6) is 0 Å². The van der Waals surface area contributed by atoms with Crippen LogP contribution in [-0.4, -0.2) is 43.2 Å². The number of amides is 1. The molecule has 1 unspecified atom stereocenters. The van der Waals surface area contributed by atoms with Crippen LogP contribution in [0.25, 0.3) is 0 Å². The number of nitrogens with one attached hydrogen (secondary N) is 2. The lowest BCUT2D eigenvalue weighted by Crippen LogP contribution is -2.53. The van der Waals surface area contributed by atoms with Crippen molar-refractivity contribution in [3.8, 4) is 0 Å². The quantitative estimate of drug-likeness (QED) is 0.828. The van der Waals surface area contributed by atoms with Crippen LogP contribution in [0.3, 0.4) is 0 Å². The van der Waals surface area contributed by atoms with E-state index in [9.17, 15) is 4.79 Å². The molecule has 1 aliphatic rings. The summed E-state index contributed by atoms with van der Waals surface area (Å²) < 4.78 is 5.26. The average molecular weight is 263 g/mol. The van der Waals surface area contributed by atoms with E-state index in [0.717, 1.165) is 25.1 Å². The fraction of sp³-hybridized carbons (Fsp3) is 0.571. The third-order valence-corrected chi connectivity index (χ3v) is 3.59. The number of carbonyl (C=O) groups is 1. The number of aryl methyl sites for hydroxylation is 1. The van der Waals surface area contributed by atoms with Gasteiger partial charge in [-0.3, -0.25) is 9.78 Å². The Hall–Kier alpha value is -1.46. The Morgan fingerprint density at radius 3 is 3.11 bits per heavy atom. The van der Waals surface area contributed by atoms with Gasteiger partial charge in [0.15, 0.2) is 0 Å². The highest BCUT2D eigenvalue weighted by Crippen LogP contribution is 2.19. The third kappa shape index (κ3) is 3.30. The zero-order valence-corrected chi connectivity index (χ0v) is 11.5. The number of rotatable bonds is 5. The molecule has 1 amide bonds. The van der Waals surface area contributed by atoms with Crippen LogP contribution >= 0.6 is 0 Å². The monoisotopic (exact) mass is 263 g/mol. The van der Waals surface area contributed by atoms with Crippen LogP contribution in [0.15, 0.2) is 18.3 Å². The highest BCUT2D eigenvalue weighted by Gasteiger charge is 2.33. The Morgan fingerprint density at radius 1 is 1.63 bits per heavy atom. The summed E-state index contributed by atoms with van der Waals surface area (Å²) >= 11 is 0. The maximum atomic E-state index is 12.1. The van der Waals surface area contributed by atoms with Crippen LogP contribution in [-0.2, 0) is 4.74 Å². The van der Waals surface area contributed by atoms with Gasteiger partial charge < -0.3 is 15.4 Å². The zero-order valence-electron chi connectivity index (χ0n) is 11.5. The number of methoxy groups -OCH3 is 1. The van der Waals surface area contributed by atoms with Crippen LogP contribution in [0, 0.1) is 6.92 Å². The summed E-state index contributed by atoms with van der Waals surface area (Å²) in [6.45, 7) is 4.01. The second-order valence-corrected chi connectivity index (χ2v) is 5.06. The molecular weight excluding hydrogens is 242 g/mol. The SMILES string of the molecule is COCC1(CNC(=O)c2cccnc2C)CCCN1. The highest BCUT2D eigenvalue weighted by atomic mass is 16.5. The van der Waals surface area contributed by atoms with Crippen molar-refractivity contribution in [2.45, 2.75) is 25.3 Å². The molecule has 1 fully saturated rings. The maximum absolute atomic E-state index is 12.1. The predicted octanol–water partition coefficient (Wildman–Crippen LogP) is 0.888. The number of hydrogen-bond acceptors (Lipinski definition) is 4. The van der Waals surface area contributed by atoms with Crippen LogP contribution < -0.4 is 10.6 Å². The van der Waals surface area contributed by atoms with Crippen molar-refractivity contribution in [1.82, 2.24) is 15.6 Å². The van der Waals surface area contributed by atoms with Gasteiger partial charge in [-0.1, -0.05) is 0 Å². The fourth-order valence-electron chi connectivity index (χ4n) is 2.54. The van der Waals surface area contributed by atoms with Crippen molar-refractivity contribution in [3.63, 3.8) is 0 Å². The first-order valence-corrected chi connectivity index (χ1v) is 6.61. The Morgan fingerprint density at radius 2 is 2.47 bits per heavy atom. The van der Waals surface area contributed by atoms with Crippen molar-refractivity contribution in [3.05, 3.63) is 29.6 Å². The van der Waals surface area contributed by atoms with Crippen LogP contribution in [0.4, 0.5) is 0 Å². The van der Waals surface area contributed by atoms with Gasteiger partial charge in [0.25, 0.3) is 5.91 Å². The number of ether oxygens (including phenoxy) is 1. The largest absolute Gasteiger partial charge is 0.383 e. The minimum Gasteiger partial charge on any atom is -0.383 e. The molecule has 1 aromatic rings. The molecule has 1 aliphatic heterocycles. The van der Waals surface area contributed by atoms with Crippen LogP contribution in [0.2, 0.25) is 0 Å². The second kappa shape index (κ2) is 6.12. The van der Waals surface area contributed by atoms with E-state index in [1.54, 1.807) is 25.4 Å². The van der Waals surface area contributed by atoms with Crippen LogP contribution in [0.1, 0.15) is 28.9 Å². The topological polar surface area (TPSA) is 63.2 Å². The van der Waals surface area contributed by atoms with Crippen molar-refractivity contribution < 1.29 is 9.53 Å². The molecule has 1 saturated heterocycles. The molecule has 2 N–H and O–H groups in total. The van der Waals surface area contributed by atoms with Crippen molar-refractivity contribution in [1.29, 1.82) is 0 Å². The predicted molar refractivity (Wildman–Crippen MR) is 73.2 cm³/mol. The Bertz CT molecular complexity index is 442. The van der Waals surface area contributed by atoms with Gasteiger partial charge in [0, 0.05) is 25.5 Å². The van der Waals surface area contributed by atoms with Crippen molar-refractivity contribution >= 4 is 5.91 Å². The molecule has 5 nitrogen and oxygen atoms in total. The number of pyridine rings is 1. The molecule has 5 heteroatoms. The van der Waals surface area contributed by atoms with Crippen molar-refractivity contribution in [2.75, 3.05) is 26.8 Å². The van der Waals surface area contributed by atoms with Gasteiger partial charge in [-0.15, -0.1) is 0 Å². The van der Waals surface area contributed by atoms with Gasteiger partial charge >= 0.3 is 0 Å². The summed E-state index contributed by atoms with van der Waals surface area (Å²) in [5.41, 5.74) is 1.26. The van der Waals surface area contributed by atoms with Gasteiger partial charge in [-0.25, -0.2) is 0 Å². The Labute approximate surface area is 113 Å². The summed E-state index contributed by atoms with van der Waals surface area (Å²) in [5, 5.41) is 6.42. The first-order valence-electron chi connectivity index (χ1n) is 6.61. The first-order chi connectivity index (χ1) is 9.17. The summed E-state index contributed by atoms with van der Waals surface area (Å²) in [5.74, 6) is -0.0743. The lowest BCUT2D eigenvalue weighted by Gasteiger charge is -2.29. The number of hydrogen-bond donors (Lipinski definition) is 2. The number of aromatic nitrogens is 1. The molecule has 1 atom stereocenters. The molecule has 104 valence electrons. The van der Waals surface area contributed by atoms with Gasteiger partial charge in [0.1, 0.15) is 0 Å². The van der Waals surface area contributed by atoms with Gasteiger partial charge in [0.05, 0.1) is 17.7 Å². The van der Waals surface area contributed by atoms with Gasteiger partial charge in [-0.05, 0) is 38.4 Å². The zero-order chi connectivity index (χ0) is 13.7. The molecule has 0 aliphatic carbocycles. The third-order valence-electron chi connectivity index (χ3n) is 3.59. The molecule has 2 rings (SSSR count). The molecule has 0 radical (unpaired) electrons. The summed E-state index contributed by atoms with van der Waals surface area (Å²) in [6, 6.07) is 3.57. The van der Waals surface area contributed by atoms with E-state index in [1.165, 1.54) is 0 Å². The molecule has 0 saturated carbocycles. The number of nitrogens with zero attached hydrogens (tertiary/aromatic N) is 1. The van der Waals surface area contributed by atoms with E-state index < -0.39 is 0 Å². The maximum Gasteiger partial charge on any atom is 0.253 e. The van der Waals surface area contributed by atoms with Gasteiger partial charge in [0.2, 0.25) is 0 Å². The summed E-state index contributed by atoms with van der Waals surface area (Å²) in [4.78, 5) is 16.3. The molecule has 0 bridgehead atoms. The fourth-order valence-corrected chi connectivity index (χ4v) is 2.54. The highest BCUT2D eigenvalue weighted by molar-refractivity contribution is 5.95. The Balaban J connectivity index is 1.98. The number of carbonyl (C=O) groups excluding carboxylic acids is 1. The lowest BCUT2D eigenvalue weighted by atomic mass is 9.98. The van der Waals surface area contributed by atoms with E-state index in [2.05, 4.69) is 15.6 Å². The second-order valence-electron chi connectivity index (χ2n) is 5.06. The molecular formula is C14H21N3O2.